The second-order valence-electron chi connectivity index (χ2n) is 11.6. The summed E-state index contributed by atoms with van der Waals surface area (Å²) < 4.78 is 30.3. The van der Waals surface area contributed by atoms with Crippen molar-refractivity contribution < 1.29 is 33.0 Å². The van der Waals surface area contributed by atoms with Crippen LogP contribution in [0.4, 0.5) is 9.18 Å². The summed E-state index contributed by atoms with van der Waals surface area (Å²) in [4.78, 5) is 45.4. The zero-order chi connectivity index (χ0) is 31.0. The molecule has 0 aromatic heterocycles. The Morgan fingerprint density at radius 3 is 2.41 bits per heavy atom. The molecule has 1 N–H and O–H groups in total. The van der Waals surface area contributed by atoms with Crippen molar-refractivity contribution in [2.45, 2.75) is 85.1 Å². The van der Waals surface area contributed by atoms with E-state index in [1.54, 1.807) is 53.4 Å². The predicted molar refractivity (Wildman–Crippen MR) is 152 cm³/mol. The molecule has 12 heteroatoms. The van der Waals surface area contributed by atoms with E-state index in [0.717, 1.165) is 0 Å². The third-order valence-corrected chi connectivity index (χ3v) is 6.02. The fourth-order valence-electron chi connectivity index (χ4n) is 4.21. The van der Waals surface area contributed by atoms with E-state index >= 15 is 0 Å². The highest BCUT2D eigenvalue weighted by molar-refractivity contribution is 6.31. The maximum atomic E-state index is 14.2. The third kappa shape index (κ3) is 11.1. The number of nitrogens with one attached hydrogen (secondary N) is 1. The van der Waals surface area contributed by atoms with Gasteiger partial charge in [0.25, 0.3) is 0 Å². The first kappa shape index (κ1) is 33.7. The van der Waals surface area contributed by atoms with Crippen LogP contribution in [0.15, 0.2) is 29.7 Å². The summed E-state index contributed by atoms with van der Waals surface area (Å²) in [5.41, 5.74) is -1.63. The van der Waals surface area contributed by atoms with Crippen molar-refractivity contribution in [1.29, 1.82) is 0 Å². The first-order valence-corrected chi connectivity index (χ1v) is 13.8. The van der Waals surface area contributed by atoms with Gasteiger partial charge in [0.2, 0.25) is 0 Å². The highest BCUT2D eigenvalue weighted by Crippen LogP contribution is 2.28. The lowest BCUT2D eigenvalue weighted by molar-refractivity contribution is -0.150. The molecule has 0 bridgehead atoms. The van der Waals surface area contributed by atoms with Gasteiger partial charge >= 0.3 is 23.7 Å². The van der Waals surface area contributed by atoms with Crippen molar-refractivity contribution in [3.05, 3.63) is 57.5 Å². The van der Waals surface area contributed by atoms with E-state index < -0.39 is 35.1 Å². The van der Waals surface area contributed by atoms with Gasteiger partial charge in [-0.2, -0.15) is 0 Å². The molecular formula is C29H40ClFN4O6. The minimum Gasteiger partial charge on any atom is -0.465 e. The average molecular weight is 595 g/mol. The first-order valence-electron chi connectivity index (χ1n) is 13.5. The lowest BCUT2D eigenvalue weighted by atomic mass is 10.1. The number of rotatable bonds is 9. The molecule has 0 spiro atoms. The van der Waals surface area contributed by atoms with Gasteiger partial charge in [-0.15, -0.1) is 0 Å². The Balaban J connectivity index is 2.62. The zero-order valence-corrected chi connectivity index (χ0v) is 25.6. The zero-order valence-electron chi connectivity index (χ0n) is 24.8. The van der Waals surface area contributed by atoms with Gasteiger partial charge in [-0.25, -0.2) is 14.0 Å². The monoisotopic (exact) mass is 594 g/mol. The van der Waals surface area contributed by atoms with E-state index in [4.69, 9.17) is 32.4 Å². The van der Waals surface area contributed by atoms with Crippen LogP contribution < -0.4 is 5.32 Å². The predicted octanol–water partition coefficient (Wildman–Crippen LogP) is 5.26. The number of halogens is 2. The first-order chi connectivity index (χ1) is 19.0. The van der Waals surface area contributed by atoms with Crippen LogP contribution in [0.5, 0.6) is 0 Å². The van der Waals surface area contributed by atoms with Gasteiger partial charge in [0.1, 0.15) is 29.4 Å². The largest absolute Gasteiger partial charge is 0.465 e. The molecule has 1 heterocycles. The summed E-state index contributed by atoms with van der Waals surface area (Å²) >= 11 is 6.37. The van der Waals surface area contributed by atoms with Gasteiger partial charge in [-0.3, -0.25) is 9.59 Å². The summed E-state index contributed by atoms with van der Waals surface area (Å²) in [6.07, 6.45) is 0.621. The molecule has 1 saturated heterocycles. The number of nitrogens with zero attached hydrogens (tertiary/aromatic N) is 3. The maximum Gasteiger partial charge on any atom is 0.407 e. The SMILES string of the molecule is [C-]#[N+]C(C(=O)OC(C)(C)C)=C(N(CC(=O)OCC)Cc1cc(F)ccc1Cl)N1CCC[C@@H](NC(=O)OC(C)(C)C)C1. The number of likely N-dealkylation sites (tertiary alicyclic amines) is 1. The maximum absolute atomic E-state index is 14.2. The lowest BCUT2D eigenvalue weighted by Crippen LogP contribution is -2.51. The van der Waals surface area contributed by atoms with Gasteiger partial charge in [0, 0.05) is 30.7 Å². The van der Waals surface area contributed by atoms with Gasteiger partial charge < -0.3 is 29.3 Å². The number of hydrogen-bond acceptors (Lipinski definition) is 8. The summed E-state index contributed by atoms with van der Waals surface area (Å²) in [6.45, 7) is 20.1. The van der Waals surface area contributed by atoms with Crippen LogP contribution in [0, 0.1) is 12.4 Å². The van der Waals surface area contributed by atoms with E-state index in [1.807, 2.05) is 0 Å². The summed E-state index contributed by atoms with van der Waals surface area (Å²) in [7, 11) is 0. The second-order valence-corrected chi connectivity index (χ2v) is 12.0. The number of esters is 2. The Morgan fingerprint density at radius 2 is 1.83 bits per heavy atom. The Bertz CT molecular complexity index is 1190. The van der Waals surface area contributed by atoms with Crippen molar-refractivity contribution in [2.24, 2.45) is 0 Å². The van der Waals surface area contributed by atoms with Gasteiger partial charge in [-0.05, 0) is 85.1 Å². The number of ether oxygens (including phenoxy) is 3. The van der Waals surface area contributed by atoms with Crippen LogP contribution in [0.3, 0.4) is 0 Å². The van der Waals surface area contributed by atoms with Crippen molar-refractivity contribution >= 4 is 29.6 Å². The molecule has 0 radical (unpaired) electrons. The van der Waals surface area contributed by atoms with Crippen LogP contribution in [0.1, 0.15) is 66.9 Å². The van der Waals surface area contributed by atoms with Crippen molar-refractivity contribution in [2.75, 3.05) is 26.2 Å². The molecule has 1 aliphatic rings. The number of carbonyl (C=O) groups excluding carboxylic acids is 3. The molecule has 1 fully saturated rings. The van der Waals surface area contributed by atoms with E-state index in [1.165, 1.54) is 23.1 Å². The average Bonchev–Trinajstić information content (AvgIpc) is 2.82. The topological polar surface area (TPSA) is 102 Å². The van der Waals surface area contributed by atoms with E-state index in [-0.39, 0.29) is 48.8 Å². The fourth-order valence-corrected chi connectivity index (χ4v) is 4.39. The molecule has 41 heavy (non-hydrogen) atoms. The number of benzene rings is 1. The molecule has 1 aromatic rings. The molecule has 0 aliphatic carbocycles. The Morgan fingerprint density at radius 1 is 1.17 bits per heavy atom. The number of amides is 1. The molecule has 2 rings (SSSR count). The van der Waals surface area contributed by atoms with E-state index in [9.17, 15) is 18.8 Å². The Kier molecular flexibility index (Phi) is 11.8. The lowest BCUT2D eigenvalue weighted by Gasteiger charge is -2.41. The van der Waals surface area contributed by atoms with E-state index in [2.05, 4.69) is 10.2 Å². The van der Waals surface area contributed by atoms with Crippen LogP contribution in [-0.2, 0) is 30.3 Å². The molecule has 226 valence electrons. The fraction of sp³-hybridized carbons (Fsp3) is 0.586. The minimum absolute atomic E-state index is 0.0957. The quantitative estimate of drug-likeness (QED) is 0.179. The van der Waals surface area contributed by atoms with Crippen LogP contribution in [-0.4, -0.2) is 71.3 Å². The van der Waals surface area contributed by atoms with Crippen molar-refractivity contribution in [3.63, 3.8) is 0 Å². The van der Waals surface area contributed by atoms with Gasteiger partial charge in [-0.1, -0.05) is 11.6 Å². The van der Waals surface area contributed by atoms with E-state index in [0.29, 0.717) is 24.9 Å². The molecule has 1 atom stereocenters. The summed E-state index contributed by atoms with van der Waals surface area (Å²) in [6, 6.07) is 3.44. The second kappa shape index (κ2) is 14.4. The molecule has 1 aromatic carbocycles. The summed E-state index contributed by atoms with van der Waals surface area (Å²) in [5, 5.41) is 3.09. The normalized spacial score (nSPS) is 16.2. The van der Waals surface area contributed by atoms with Gasteiger partial charge in [0.15, 0.2) is 0 Å². The van der Waals surface area contributed by atoms with Crippen LogP contribution in [0.25, 0.3) is 4.85 Å². The molecule has 10 nitrogen and oxygen atoms in total. The number of piperidine rings is 1. The molecule has 1 amide bonds. The number of alkyl carbamates (subject to hydrolysis) is 1. The molecule has 1 aliphatic heterocycles. The number of hydrogen-bond donors (Lipinski definition) is 1. The van der Waals surface area contributed by atoms with Crippen molar-refractivity contribution in [1.82, 2.24) is 15.1 Å². The number of carbonyl (C=O) groups is 3. The standard InChI is InChI=1S/C29H40ClFN4O6/c1-9-39-23(36)18-35(16-19-15-20(31)12-13-22(19)30)25(24(32-8)26(37)40-28(2,3)4)34-14-10-11-21(17-34)33-27(38)41-29(5,6)7/h12-13,15,21H,9-11,14,16-18H2,1-7H3,(H,33,38)/t21-/m1/s1. The molecule has 0 unspecified atom stereocenters. The molecule has 0 saturated carbocycles. The Hall–Kier alpha value is -3.52. The summed E-state index contributed by atoms with van der Waals surface area (Å²) in [5.74, 6) is -1.95. The van der Waals surface area contributed by atoms with Crippen molar-refractivity contribution in [3.8, 4) is 0 Å². The highest BCUT2D eigenvalue weighted by atomic mass is 35.5. The van der Waals surface area contributed by atoms with Gasteiger partial charge in [0.05, 0.1) is 13.2 Å². The third-order valence-electron chi connectivity index (χ3n) is 5.65. The molecular weight excluding hydrogens is 555 g/mol. The smallest absolute Gasteiger partial charge is 0.407 e. The minimum atomic E-state index is -0.904. The van der Waals surface area contributed by atoms with Crippen LogP contribution in [0.2, 0.25) is 5.02 Å². The van der Waals surface area contributed by atoms with Crippen LogP contribution >= 0.6 is 11.6 Å². The Labute approximate surface area is 246 Å². The highest BCUT2D eigenvalue weighted by Gasteiger charge is 2.34.